The van der Waals surface area contributed by atoms with Crippen molar-refractivity contribution in [2.24, 2.45) is 22.7 Å². The van der Waals surface area contributed by atoms with Gasteiger partial charge in [-0.15, -0.1) is 23.5 Å². The van der Waals surface area contributed by atoms with Crippen molar-refractivity contribution < 1.29 is 38.4 Å². The molecule has 12 atom stereocenters. The quantitative estimate of drug-likeness (QED) is 0.135. The molecule has 2 aromatic rings. The van der Waals surface area contributed by atoms with Crippen LogP contribution < -0.4 is 42.5 Å². The minimum absolute atomic E-state index is 0.144. The topological polar surface area (TPSA) is 239 Å². The molecule has 4 heterocycles. The second kappa shape index (κ2) is 23.9. The highest BCUT2D eigenvalue weighted by atomic mass is 32.2. The van der Waals surface area contributed by atoms with E-state index in [-0.39, 0.29) is 70.1 Å². The van der Waals surface area contributed by atoms with Gasteiger partial charge >= 0.3 is 0 Å². The molecule has 0 unspecified atom stereocenters. The Balaban J connectivity index is 0.846. The van der Waals surface area contributed by atoms with E-state index in [1.807, 2.05) is 76.2 Å². The summed E-state index contributed by atoms with van der Waals surface area (Å²) in [5.74, 6) is -1.83. The van der Waals surface area contributed by atoms with E-state index in [4.69, 9.17) is 0 Å². The third-order valence-corrected chi connectivity index (χ3v) is 20.6. The van der Waals surface area contributed by atoms with E-state index in [2.05, 4.69) is 42.5 Å². The van der Waals surface area contributed by atoms with E-state index in [9.17, 15) is 38.4 Å². The Morgan fingerprint density at radius 1 is 0.513 bits per heavy atom. The maximum atomic E-state index is 14.9. The highest BCUT2D eigenvalue weighted by Crippen LogP contribution is 2.49. The second-order valence-corrected chi connectivity index (χ2v) is 26.9. The highest BCUT2D eigenvalue weighted by Gasteiger charge is 2.57. The summed E-state index contributed by atoms with van der Waals surface area (Å²) in [4.78, 5) is 117. The van der Waals surface area contributed by atoms with Crippen LogP contribution in [0.25, 0.3) is 0 Å². The Morgan fingerprint density at radius 2 is 0.885 bits per heavy atom. The molecule has 2 aromatic carbocycles. The molecule has 3 aliphatic carbocycles. The standard InChI is InChI=1S/C58H82N10O8S2/c1-31(59-7)49(69)63-41-25-27-77-43-29-57(3,4)47(67(43)55(41)75)53(73)65-45-37-15-11-9-13-33(37)17-23-39(45)51(71)61-35-19-21-36(22-20-35)62-52(72)40-24-18-34-14-10-12-16-38(34)46(40)66-54(74)48-58(5,6)30-44-68(48)56(76)42(26-28-78-44)64-50(70)32(2)60-8/h9-16,31-32,35-36,39-48,59-60H,17-30H2,1-8H3,(H,61,71)(H,62,72)(H,63,69)(H,64,70)(H,65,73)(H,66,74)/t31-,32-,35?,36?,39+,40+,41-,42-,43-,44-,45-,46-,47+,48+/m0/s1. The van der Waals surface area contributed by atoms with Crippen molar-refractivity contribution in [3.8, 4) is 0 Å². The van der Waals surface area contributed by atoms with Gasteiger partial charge in [-0.05, 0) is 150 Å². The molecule has 0 spiro atoms. The number of hydrogen-bond acceptors (Lipinski definition) is 12. The molecule has 5 fully saturated rings. The van der Waals surface area contributed by atoms with Crippen LogP contribution in [0.4, 0.5) is 0 Å². The number of benzene rings is 2. The summed E-state index contributed by atoms with van der Waals surface area (Å²) in [5, 5.41) is 24.6. The van der Waals surface area contributed by atoms with Crippen molar-refractivity contribution in [1.29, 1.82) is 0 Å². The molecule has 4 saturated heterocycles. The Morgan fingerprint density at radius 3 is 1.26 bits per heavy atom. The van der Waals surface area contributed by atoms with E-state index in [1.165, 1.54) is 0 Å². The number of carbonyl (C=O) groups is 8. The predicted octanol–water partition coefficient (Wildman–Crippen LogP) is 3.74. The number of aryl methyl sites for hydroxylation is 2. The van der Waals surface area contributed by atoms with Gasteiger partial charge < -0.3 is 52.3 Å². The smallest absolute Gasteiger partial charge is 0.246 e. The zero-order valence-corrected chi connectivity index (χ0v) is 48.2. The molecule has 9 rings (SSSR count). The fourth-order valence-electron chi connectivity index (χ4n) is 13.5. The average Bonchev–Trinajstić information content (AvgIpc) is 3.84. The van der Waals surface area contributed by atoms with E-state index < -0.39 is 71.0 Å². The molecule has 1 saturated carbocycles. The van der Waals surface area contributed by atoms with Crippen molar-refractivity contribution in [2.75, 3.05) is 25.6 Å². The zero-order chi connectivity index (χ0) is 55.8. The van der Waals surface area contributed by atoms with Crippen LogP contribution in [0.5, 0.6) is 0 Å². The number of nitrogens with one attached hydrogen (secondary N) is 8. The Bertz CT molecular complexity index is 2450. The highest BCUT2D eigenvalue weighted by molar-refractivity contribution is 8.00. The minimum Gasteiger partial charge on any atom is -0.353 e. The predicted molar refractivity (Wildman–Crippen MR) is 301 cm³/mol. The second-order valence-electron chi connectivity index (χ2n) is 24.3. The molecule has 0 bridgehead atoms. The van der Waals surface area contributed by atoms with Crippen LogP contribution in [0.15, 0.2) is 48.5 Å². The van der Waals surface area contributed by atoms with Crippen LogP contribution in [-0.2, 0) is 51.2 Å². The van der Waals surface area contributed by atoms with Crippen molar-refractivity contribution >= 4 is 70.8 Å². The van der Waals surface area contributed by atoms with Gasteiger partial charge in [0.05, 0.1) is 46.8 Å². The first-order chi connectivity index (χ1) is 37.2. The third-order valence-electron chi connectivity index (χ3n) is 18.1. The summed E-state index contributed by atoms with van der Waals surface area (Å²) in [6, 6.07) is 10.1. The van der Waals surface area contributed by atoms with E-state index in [1.54, 1.807) is 61.3 Å². The van der Waals surface area contributed by atoms with Crippen LogP contribution >= 0.6 is 23.5 Å². The third kappa shape index (κ3) is 11.8. The van der Waals surface area contributed by atoms with Crippen LogP contribution in [0.3, 0.4) is 0 Å². The molecule has 4 aliphatic heterocycles. The molecule has 78 heavy (non-hydrogen) atoms. The van der Waals surface area contributed by atoms with Crippen LogP contribution in [0.2, 0.25) is 0 Å². The van der Waals surface area contributed by atoms with Gasteiger partial charge in [-0.2, -0.15) is 0 Å². The average molecular weight is 1110 g/mol. The van der Waals surface area contributed by atoms with Crippen LogP contribution in [0, 0.1) is 22.7 Å². The summed E-state index contributed by atoms with van der Waals surface area (Å²) >= 11 is 3.28. The fourth-order valence-corrected chi connectivity index (χ4v) is 16.6. The van der Waals surface area contributed by atoms with Crippen LogP contribution in [-0.4, -0.2) is 142 Å². The lowest BCUT2D eigenvalue weighted by Crippen LogP contribution is -2.59. The molecule has 8 amide bonds. The molecule has 0 radical (unpaired) electrons. The fraction of sp³-hybridized carbons (Fsp3) is 0.655. The largest absolute Gasteiger partial charge is 0.353 e. The van der Waals surface area contributed by atoms with Gasteiger partial charge in [0.15, 0.2) is 0 Å². The monoisotopic (exact) mass is 1110 g/mol. The Kier molecular flexibility index (Phi) is 17.6. The normalized spacial score (nSPS) is 31.8. The Labute approximate surface area is 468 Å². The number of fused-ring (bicyclic) bond motifs is 4. The molecule has 0 aromatic heterocycles. The number of amides is 8. The van der Waals surface area contributed by atoms with Gasteiger partial charge in [-0.1, -0.05) is 76.2 Å². The molecule has 18 nitrogen and oxygen atoms in total. The number of thioether (sulfide) groups is 2. The lowest BCUT2D eigenvalue weighted by molar-refractivity contribution is -0.144. The first-order valence-corrected chi connectivity index (χ1v) is 30.5. The molecular weight excluding hydrogens is 1030 g/mol. The first kappa shape index (κ1) is 57.5. The lowest BCUT2D eigenvalue weighted by atomic mass is 9.77. The lowest BCUT2D eigenvalue weighted by Gasteiger charge is -2.39. The van der Waals surface area contributed by atoms with Gasteiger partial charge in [0, 0.05) is 12.1 Å². The molecular formula is C58H82N10O8S2. The summed E-state index contributed by atoms with van der Waals surface area (Å²) in [7, 11) is 3.38. The summed E-state index contributed by atoms with van der Waals surface area (Å²) in [5.41, 5.74) is 2.74. The summed E-state index contributed by atoms with van der Waals surface area (Å²) in [6.07, 6.45) is 7.07. The van der Waals surface area contributed by atoms with Gasteiger partial charge in [0.1, 0.15) is 24.2 Å². The van der Waals surface area contributed by atoms with Gasteiger partial charge in [-0.3, -0.25) is 38.4 Å². The van der Waals surface area contributed by atoms with Gasteiger partial charge in [-0.25, -0.2) is 0 Å². The number of carbonyl (C=O) groups excluding carboxylic acids is 8. The first-order valence-electron chi connectivity index (χ1n) is 28.4. The zero-order valence-electron chi connectivity index (χ0n) is 46.6. The number of likely N-dealkylation sites (N-methyl/N-ethyl adjacent to an activating group) is 2. The molecule has 8 N–H and O–H groups in total. The Hall–Kier alpha value is -5.18. The van der Waals surface area contributed by atoms with E-state index >= 15 is 0 Å². The summed E-state index contributed by atoms with van der Waals surface area (Å²) in [6.45, 7) is 11.5. The SMILES string of the molecule is CN[C@@H](C)C(=O)N[C@H]1CCS[C@H]2CC(C)(C)[C@@H](C(=O)N[C@H]3c4ccccc4CC[C@H]3C(=O)NC3CCC(NC(=O)[C@@H]4CCc5ccccc5[C@@H]4NC(=O)[C@H]4N5C(=O)[C@@H](NC(=O)[C@H](C)NC)CCS[C@H]5CC4(C)C)CC3)N2C1=O. The minimum atomic E-state index is -0.821. The van der Waals surface area contributed by atoms with Crippen molar-refractivity contribution in [1.82, 2.24) is 52.3 Å². The van der Waals surface area contributed by atoms with Crippen molar-refractivity contribution in [3.05, 3.63) is 70.8 Å². The van der Waals surface area contributed by atoms with E-state index in [0.717, 1.165) is 22.3 Å². The molecule has 20 heteroatoms. The maximum Gasteiger partial charge on any atom is 0.246 e. The van der Waals surface area contributed by atoms with E-state index in [0.29, 0.717) is 88.6 Å². The molecule has 7 aliphatic rings. The van der Waals surface area contributed by atoms with Gasteiger partial charge in [0.2, 0.25) is 47.3 Å². The maximum absolute atomic E-state index is 14.9. The number of rotatable bonds is 14. The molecule has 424 valence electrons. The van der Waals surface area contributed by atoms with Crippen LogP contribution in [0.1, 0.15) is 140 Å². The number of nitrogens with zero attached hydrogens (tertiary/aromatic N) is 2. The van der Waals surface area contributed by atoms with Crippen molar-refractivity contribution in [3.63, 3.8) is 0 Å². The number of hydrogen-bond donors (Lipinski definition) is 8. The van der Waals surface area contributed by atoms with Crippen molar-refractivity contribution in [2.45, 2.75) is 190 Å². The summed E-state index contributed by atoms with van der Waals surface area (Å²) < 4.78 is 0. The van der Waals surface area contributed by atoms with Gasteiger partial charge in [0.25, 0.3) is 0 Å².